The maximum Gasteiger partial charge on any atom is 0.240 e. The number of rotatable bonds is 9. The Kier molecular flexibility index (Phi) is 7.83. The molecule has 0 atom stereocenters. The molecular formula is C20H23N3O5. The number of carbonyl (C=O) groups excluding carboxylic acids is 2. The Bertz CT molecular complexity index is 851. The summed E-state index contributed by atoms with van der Waals surface area (Å²) in [5.74, 6) is 1.11. The van der Waals surface area contributed by atoms with Gasteiger partial charge in [-0.15, -0.1) is 0 Å². The van der Waals surface area contributed by atoms with E-state index >= 15 is 0 Å². The van der Waals surface area contributed by atoms with Crippen LogP contribution >= 0.6 is 0 Å². The summed E-state index contributed by atoms with van der Waals surface area (Å²) in [5, 5.41) is 6.62. The number of nitrogens with one attached hydrogen (secondary N) is 2. The number of benzene rings is 2. The van der Waals surface area contributed by atoms with Crippen molar-refractivity contribution in [1.29, 1.82) is 0 Å². The minimum atomic E-state index is -0.381. The first-order valence-electron chi connectivity index (χ1n) is 8.54. The Labute approximate surface area is 163 Å². The fraction of sp³-hybridized carbons (Fsp3) is 0.250. The number of methoxy groups -OCH3 is 3. The van der Waals surface area contributed by atoms with Gasteiger partial charge in [-0.25, -0.2) is 5.43 Å². The molecular weight excluding hydrogens is 362 g/mol. The zero-order valence-corrected chi connectivity index (χ0v) is 16.0. The van der Waals surface area contributed by atoms with Crippen molar-refractivity contribution >= 4 is 23.7 Å². The molecule has 0 saturated heterocycles. The lowest BCUT2D eigenvalue weighted by Crippen LogP contribution is -2.20. The van der Waals surface area contributed by atoms with Crippen molar-refractivity contribution in [3.63, 3.8) is 0 Å². The van der Waals surface area contributed by atoms with Crippen molar-refractivity contribution in [2.75, 3.05) is 26.6 Å². The van der Waals surface area contributed by atoms with Crippen molar-refractivity contribution < 1.29 is 23.8 Å². The average molecular weight is 385 g/mol. The molecule has 2 amide bonds. The minimum absolute atomic E-state index is 0.00638. The number of anilines is 1. The molecule has 0 aliphatic carbocycles. The molecule has 28 heavy (non-hydrogen) atoms. The van der Waals surface area contributed by atoms with E-state index in [4.69, 9.17) is 14.2 Å². The van der Waals surface area contributed by atoms with Crippen LogP contribution < -0.4 is 25.0 Å². The van der Waals surface area contributed by atoms with Gasteiger partial charge in [-0.2, -0.15) is 5.10 Å². The summed E-state index contributed by atoms with van der Waals surface area (Å²) in [6.45, 7) is 0. The maximum atomic E-state index is 12.0. The van der Waals surface area contributed by atoms with Crippen LogP contribution in [-0.4, -0.2) is 39.4 Å². The number of hydrogen-bond donors (Lipinski definition) is 2. The molecule has 2 N–H and O–H groups in total. The lowest BCUT2D eigenvalue weighted by atomic mass is 10.2. The molecule has 8 heteroatoms. The van der Waals surface area contributed by atoms with Gasteiger partial charge < -0.3 is 19.5 Å². The molecule has 0 saturated carbocycles. The van der Waals surface area contributed by atoms with Crippen LogP contribution in [-0.2, 0) is 9.59 Å². The summed E-state index contributed by atoms with van der Waals surface area (Å²) in [7, 11) is 4.62. The van der Waals surface area contributed by atoms with Gasteiger partial charge in [0, 0.05) is 18.4 Å². The van der Waals surface area contributed by atoms with Gasteiger partial charge in [0.15, 0.2) is 0 Å². The highest BCUT2D eigenvalue weighted by molar-refractivity contribution is 5.94. The van der Waals surface area contributed by atoms with Crippen LogP contribution in [0.2, 0.25) is 0 Å². The van der Waals surface area contributed by atoms with Crippen molar-refractivity contribution in [2.45, 2.75) is 12.8 Å². The van der Waals surface area contributed by atoms with Crippen LogP contribution in [0.5, 0.6) is 17.2 Å². The summed E-state index contributed by atoms with van der Waals surface area (Å²) in [4.78, 5) is 23.9. The topological polar surface area (TPSA) is 98.3 Å². The van der Waals surface area contributed by atoms with Crippen molar-refractivity contribution in [1.82, 2.24) is 5.43 Å². The van der Waals surface area contributed by atoms with Gasteiger partial charge >= 0.3 is 0 Å². The quantitative estimate of drug-likeness (QED) is 0.511. The van der Waals surface area contributed by atoms with Gasteiger partial charge in [-0.1, -0.05) is 12.1 Å². The number of amides is 2. The first-order valence-corrected chi connectivity index (χ1v) is 8.54. The van der Waals surface area contributed by atoms with E-state index in [-0.39, 0.29) is 24.7 Å². The van der Waals surface area contributed by atoms with Gasteiger partial charge in [0.25, 0.3) is 0 Å². The number of hydrogen-bond acceptors (Lipinski definition) is 6. The van der Waals surface area contributed by atoms with Crippen LogP contribution in [0.15, 0.2) is 47.6 Å². The fourth-order valence-electron chi connectivity index (χ4n) is 2.36. The third-order valence-corrected chi connectivity index (χ3v) is 3.79. The molecule has 0 aliphatic rings. The monoisotopic (exact) mass is 385 g/mol. The highest BCUT2D eigenvalue weighted by atomic mass is 16.5. The Morgan fingerprint density at radius 2 is 1.64 bits per heavy atom. The van der Waals surface area contributed by atoms with Gasteiger partial charge in [0.2, 0.25) is 11.8 Å². The lowest BCUT2D eigenvalue weighted by molar-refractivity contribution is -0.124. The standard InChI is InChI=1S/C20H23N3O5/c1-26-15-8-9-17(27-2)14(12-15)13-21-23-20(25)11-10-19(24)22-16-6-4-5-7-18(16)28-3/h4-9,12-13H,10-11H2,1-3H3,(H,22,24)(H,23,25). The highest BCUT2D eigenvalue weighted by Crippen LogP contribution is 2.23. The number of carbonyl (C=O) groups is 2. The lowest BCUT2D eigenvalue weighted by Gasteiger charge is -2.09. The van der Waals surface area contributed by atoms with Gasteiger partial charge in [-0.3, -0.25) is 9.59 Å². The van der Waals surface area contributed by atoms with Crippen LogP contribution in [0.3, 0.4) is 0 Å². The van der Waals surface area contributed by atoms with E-state index < -0.39 is 0 Å². The number of nitrogens with zero attached hydrogens (tertiary/aromatic N) is 1. The minimum Gasteiger partial charge on any atom is -0.497 e. The third kappa shape index (κ3) is 6.01. The second-order valence-corrected chi connectivity index (χ2v) is 5.65. The maximum absolute atomic E-state index is 12.0. The summed E-state index contributed by atoms with van der Waals surface area (Å²) < 4.78 is 15.6. The van der Waals surface area contributed by atoms with Crippen LogP contribution in [0.25, 0.3) is 0 Å². The molecule has 2 aromatic carbocycles. The molecule has 2 rings (SSSR count). The Balaban J connectivity index is 1.84. The smallest absolute Gasteiger partial charge is 0.240 e. The van der Waals surface area contributed by atoms with E-state index in [9.17, 15) is 9.59 Å². The van der Waals surface area contributed by atoms with Crippen molar-refractivity contribution in [2.24, 2.45) is 5.10 Å². The summed E-state index contributed by atoms with van der Waals surface area (Å²) in [6, 6.07) is 12.3. The molecule has 148 valence electrons. The third-order valence-electron chi connectivity index (χ3n) is 3.79. The van der Waals surface area contributed by atoms with E-state index in [1.165, 1.54) is 20.4 Å². The van der Waals surface area contributed by atoms with Gasteiger partial charge in [0.05, 0.1) is 33.2 Å². The Morgan fingerprint density at radius 3 is 2.36 bits per heavy atom. The largest absolute Gasteiger partial charge is 0.497 e. The molecule has 8 nitrogen and oxygen atoms in total. The molecule has 0 aliphatic heterocycles. The number of ether oxygens (including phenoxy) is 3. The van der Waals surface area contributed by atoms with Crippen LogP contribution in [0, 0.1) is 0 Å². The van der Waals surface area contributed by atoms with E-state index in [0.717, 1.165) is 0 Å². The fourth-order valence-corrected chi connectivity index (χ4v) is 2.36. The van der Waals surface area contributed by atoms with E-state index in [0.29, 0.717) is 28.5 Å². The average Bonchev–Trinajstić information content (AvgIpc) is 2.72. The Morgan fingerprint density at radius 1 is 0.929 bits per heavy atom. The molecule has 2 aromatic rings. The molecule has 0 aromatic heterocycles. The molecule has 0 spiro atoms. The van der Waals surface area contributed by atoms with Gasteiger partial charge in [-0.05, 0) is 30.3 Å². The summed E-state index contributed by atoms with van der Waals surface area (Å²) in [6.07, 6.45) is 1.46. The van der Waals surface area contributed by atoms with Gasteiger partial charge in [0.1, 0.15) is 17.2 Å². The van der Waals surface area contributed by atoms with Crippen molar-refractivity contribution in [3.8, 4) is 17.2 Å². The predicted molar refractivity (Wildman–Crippen MR) is 106 cm³/mol. The Hall–Kier alpha value is -3.55. The zero-order chi connectivity index (χ0) is 20.4. The summed E-state index contributed by atoms with van der Waals surface area (Å²) in [5.41, 5.74) is 3.59. The second-order valence-electron chi connectivity index (χ2n) is 5.65. The van der Waals surface area contributed by atoms with Crippen molar-refractivity contribution in [3.05, 3.63) is 48.0 Å². The normalized spacial score (nSPS) is 10.4. The first-order chi connectivity index (χ1) is 13.6. The molecule has 0 radical (unpaired) electrons. The van der Waals surface area contributed by atoms with E-state index in [1.807, 2.05) is 0 Å². The SMILES string of the molecule is COc1ccc(OC)c(C=NNC(=O)CCC(=O)Nc2ccccc2OC)c1. The molecule has 0 unspecified atom stereocenters. The predicted octanol–water partition coefficient (Wildman–Crippen LogP) is 2.58. The molecule has 0 fully saturated rings. The molecule has 0 bridgehead atoms. The van der Waals surface area contributed by atoms with E-state index in [2.05, 4.69) is 15.8 Å². The van der Waals surface area contributed by atoms with Crippen LogP contribution in [0.4, 0.5) is 5.69 Å². The second kappa shape index (κ2) is 10.6. The molecule has 0 heterocycles. The number of para-hydroxylation sites is 2. The zero-order valence-electron chi connectivity index (χ0n) is 16.0. The number of hydrazone groups is 1. The van der Waals surface area contributed by atoms with Crippen LogP contribution in [0.1, 0.15) is 18.4 Å². The van der Waals surface area contributed by atoms with E-state index in [1.54, 1.807) is 49.6 Å². The summed E-state index contributed by atoms with van der Waals surface area (Å²) >= 11 is 0. The highest BCUT2D eigenvalue weighted by Gasteiger charge is 2.09. The first kappa shape index (κ1) is 20.8.